The monoisotopic (exact) mass is 1280 g/mol. The minimum absolute atomic E-state index is 0. The zero-order valence-electron chi connectivity index (χ0n) is 54.5. The molecule has 0 aromatic rings. The van der Waals surface area contributed by atoms with E-state index < -0.39 is 133 Å². The number of aliphatic hydroxyl groups excluding tert-OH is 10. The van der Waals surface area contributed by atoms with Crippen molar-refractivity contribution in [2.45, 2.75) is 210 Å². The van der Waals surface area contributed by atoms with Gasteiger partial charge in [-0.15, -0.1) is 0 Å². The summed E-state index contributed by atoms with van der Waals surface area (Å²) >= 11 is 0. The molecule has 2 amide bonds. The smallest absolute Gasteiger partial charge is 0.550 e. The summed E-state index contributed by atoms with van der Waals surface area (Å²) in [6.07, 6.45) is 8.13. The molecule has 0 aliphatic rings. The van der Waals surface area contributed by atoms with Crippen LogP contribution in [0.2, 0.25) is 0 Å². The topological polar surface area (TPSA) is 387 Å². The van der Waals surface area contributed by atoms with Crippen molar-refractivity contribution in [2.24, 2.45) is 94.3 Å². The van der Waals surface area contributed by atoms with Crippen molar-refractivity contribution in [3.05, 3.63) is 97.2 Å². The molecule has 20 nitrogen and oxygen atoms in total. The van der Waals surface area contributed by atoms with Crippen LogP contribution in [0.25, 0.3) is 0 Å². The number of carbonyl (C=O) groups is 4. The normalized spacial score (nSPS) is 21.7. The number of nitrogens with two attached hydrogens (primary N) is 2. The fourth-order valence-corrected chi connectivity index (χ4v) is 10.8. The predicted octanol–water partition coefficient (Wildman–Crippen LogP) is 4.96. The molecule has 26 atom stereocenters. The predicted molar refractivity (Wildman–Crippen MR) is 330 cm³/mol. The molecule has 0 spiro atoms. The standard InChI is InChI=1S/2C33H57NO9.Mn/c2*1-10-11-12-20(4)31(43-33(34)42)24(8)29(38)22(6)16-18(2)15-21(5)28(37)19(3)13-14-26(35)17-27(36)23(7)30(39)25(9)32(40)41;/h2*10-15,19-31,35-39H,1,16-17H2,2-9H3,(H2,34,42)(H,40,41);/q;;+2/p-2/b2*12-11-,14-13-,18-15-;/t2*19-,20-,21-,22?,23?,24?,25?,26+,27-,28-,29?,30?,31?;/m00./s1. The van der Waals surface area contributed by atoms with Gasteiger partial charge in [0.2, 0.25) is 0 Å². The van der Waals surface area contributed by atoms with E-state index in [1.165, 1.54) is 39.8 Å². The van der Waals surface area contributed by atoms with Crippen LogP contribution in [0, 0.1) is 82.9 Å². The van der Waals surface area contributed by atoms with Crippen LogP contribution in [0.1, 0.15) is 136 Å². The number of carbonyl (C=O) groups excluding carboxylic acids is 4. The minimum Gasteiger partial charge on any atom is -0.550 e. The molecule has 501 valence electrons. The van der Waals surface area contributed by atoms with Crippen LogP contribution in [0.4, 0.5) is 9.59 Å². The number of carboxylic acid groups (broad SMARTS) is 2. The summed E-state index contributed by atoms with van der Waals surface area (Å²) in [5, 5.41) is 128. The number of amides is 2. The molecule has 0 aliphatic carbocycles. The first-order chi connectivity index (χ1) is 39.7. The molecule has 21 heteroatoms. The largest absolute Gasteiger partial charge is 2.00 e. The molecule has 0 rings (SSSR count). The Hall–Kier alpha value is -4.48. The Morgan fingerprint density at radius 2 is 0.713 bits per heavy atom. The summed E-state index contributed by atoms with van der Waals surface area (Å²) in [4.78, 5) is 45.0. The van der Waals surface area contributed by atoms with Crippen LogP contribution in [0.5, 0.6) is 0 Å². The Morgan fingerprint density at radius 1 is 0.425 bits per heavy atom. The summed E-state index contributed by atoms with van der Waals surface area (Å²) < 4.78 is 10.7. The van der Waals surface area contributed by atoms with Gasteiger partial charge in [-0.05, 0) is 38.5 Å². The molecule has 0 heterocycles. The van der Waals surface area contributed by atoms with Crippen LogP contribution in [-0.2, 0) is 36.1 Å². The average Bonchev–Trinajstić information content (AvgIpc) is 3.63. The van der Waals surface area contributed by atoms with Gasteiger partial charge in [-0.3, -0.25) is 0 Å². The summed E-state index contributed by atoms with van der Waals surface area (Å²) in [5.41, 5.74) is 12.5. The van der Waals surface area contributed by atoms with Gasteiger partial charge in [-0.1, -0.05) is 194 Å². The quantitative estimate of drug-likeness (QED) is 0.0219. The third-order valence-electron chi connectivity index (χ3n) is 16.8. The van der Waals surface area contributed by atoms with Gasteiger partial charge < -0.3 is 91.8 Å². The van der Waals surface area contributed by atoms with E-state index in [2.05, 4.69) is 13.2 Å². The van der Waals surface area contributed by atoms with Crippen molar-refractivity contribution < 1.29 is 107 Å². The van der Waals surface area contributed by atoms with Crippen molar-refractivity contribution in [1.82, 2.24) is 0 Å². The second-order valence-corrected chi connectivity index (χ2v) is 24.7. The Kier molecular flexibility index (Phi) is 43.9. The first-order valence-corrected chi connectivity index (χ1v) is 30.1. The number of ether oxygens (including phenoxy) is 2. The van der Waals surface area contributed by atoms with Crippen molar-refractivity contribution in [3.8, 4) is 0 Å². The van der Waals surface area contributed by atoms with E-state index in [1.807, 2.05) is 93.5 Å². The van der Waals surface area contributed by atoms with Gasteiger partial charge >= 0.3 is 29.3 Å². The van der Waals surface area contributed by atoms with E-state index in [0.29, 0.717) is 12.8 Å². The number of allylic oxidation sites excluding steroid dienone is 6. The average molecular weight is 1280 g/mol. The first kappa shape index (κ1) is 86.7. The number of carboxylic acids is 2. The molecule has 0 aromatic carbocycles. The van der Waals surface area contributed by atoms with Gasteiger partial charge in [-0.2, -0.15) is 0 Å². The maximum absolute atomic E-state index is 11.5. The van der Waals surface area contributed by atoms with Crippen LogP contribution < -0.4 is 21.7 Å². The fraction of sp³-hybridized carbons (Fsp3) is 0.697. The van der Waals surface area contributed by atoms with Crippen molar-refractivity contribution in [1.29, 1.82) is 0 Å². The van der Waals surface area contributed by atoms with E-state index in [4.69, 9.17) is 20.9 Å². The van der Waals surface area contributed by atoms with Gasteiger partial charge in [0, 0.05) is 95.8 Å². The summed E-state index contributed by atoms with van der Waals surface area (Å²) in [6.45, 7) is 35.3. The molecule has 0 aromatic heterocycles. The second kappa shape index (κ2) is 44.1. The Labute approximate surface area is 530 Å². The number of rotatable bonds is 40. The third kappa shape index (κ3) is 32.7. The van der Waals surface area contributed by atoms with Gasteiger partial charge in [0.05, 0.1) is 61.0 Å². The third-order valence-corrected chi connectivity index (χ3v) is 16.8. The number of hydrogen-bond donors (Lipinski definition) is 12. The van der Waals surface area contributed by atoms with Gasteiger partial charge in [-0.25, -0.2) is 9.59 Å². The van der Waals surface area contributed by atoms with E-state index in [-0.39, 0.29) is 77.3 Å². The SMILES string of the molecule is C=C/C=C\[C@H](C)C(OC(N)=O)C(C)C(O)C(C)C/C(C)=C\[C@H](C)[C@@H](O)[C@@H](C)/C=C\[C@@H](O)C[C@H](O)C(C)C(O)C(C)C(=O)[O-].C=C/C=C\[C@H](C)C(OC(N)=O)C(C)C(O)C(C)C/C(C)=C\[C@H](C)[C@@H](O)[C@@H](C)/C=C\[C@@H](O)C[C@H](O)C(C)C(O)C(C)C(=O)[O-].[Mn+2]. The Bertz CT molecular complexity index is 2060. The second-order valence-electron chi connectivity index (χ2n) is 24.7. The van der Waals surface area contributed by atoms with Crippen LogP contribution in [-0.4, -0.2) is 148 Å². The molecule has 0 saturated carbocycles. The van der Waals surface area contributed by atoms with Crippen LogP contribution in [0.3, 0.4) is 0 Å². The Morgan fingerprint density at radius 3 is 0.966 bits per heavy atom. The van der Waals surface area contributed by atoms with E-state index >= 15 is 0 Å². The van der Waals surface area contributed by atoms with Gasteiger partial charge in [0.25, 0.3) is 0 Å². The molecular formula is C66H112MnN2O18. The van der Waals surface area contributed by atoms with E-state index in [0.717, 1.165) is 11.1 Å². The number of aliphatic hydroxyl groups is 10. The maximum Gasteiger partial charge on any atom is 2.00 e. The van der Waals surface area contributed by atoms with Crippen molar-refractivity contribution >= 4 is 24.1 Å². The molecular weight excluding hydrogens is 1160 g/mol. The fourth-order valence-electron chi connectivity index (χ4n) is 10.8. The molecule has 14 N–H and O–H groups in total. The first-order valence-electron chi connectivity index (χ1n) is 30.1. The molecule has 87 heavy (non-hydrogen) atoms. The summed E-state index contributed by atoms with van der Waals surface area (Å²) in [6, 6.07) is 0. The molecule has 1 radical (unpaired) electrons. The summed E-state index contributed by atoms with van der Waals surface area (Å²) in [5.74, 6) is -9.49. The zero-order chi connectivity index (χ0) is 67.2. The van der Waals surface area contributed by atoms with Crippen molar-refractivity contribution in [2.75, 3.05) is 0 Å². The van der Waals surface area contributed by atoms with Gasteiger partial charge in [0.1, 0.15) is 12.2 Å². The zero-order valence-corrected chi connectivity index (χ0v) is 55.6. The van der Waals surface area contributed by atoms with Gasteiger partial charge in [0.15, 0.2) is 0 Å². The minimum atomic E-state index is -1.42. The van der Waals surface area contributed by atoms with E-state index in [1.54, 1.807) is 50.3 Å². The number of aliphatic carboxylic acids is 2. The number of primary amides is 2. The molecule has 0 fully saturated rings. The Balaban J connectivity index is -0.00000160. The van der Waals surface area contributed by atoms with E-state index in [9.17, 15) is 80.5 Å². The number of hydrogen-bond acceptors (Lipinski definition) is 18. The molecule has 0 aliphatic heterocycles. The molecule has 0 bridgehead atoms. The molecule has 14 unspecified atom stereocenters. The summed E-state index contributed by atoms with van der Waals surface area (Å²) in [7, 11) is 0. The van der Waals surface area contributed by atoms with Crippen molar-refractivity contribution in [3.63, 3.8) is 0 Å². The van der Waals surface area contributed by atoms with Crippen LogP contribution in [0.15, 0.2) is 97.2 Å². The maximum atomic E-state index is 11.5. The molecule has 0 saturated heterocycles. The van der Waals surface area contributed by atoms with Crippen LogP contribution >= 0.6 is 0 Å².